The number of morpholine rings is 1. The number of allylic oxidation sites excluding steroid dienone is 1. The molecule has 2 N–H and O–H groups in total. The average molecular weight is 466 g/mol. The number of unbranched alkanes of at least 4 members (excludes halogenated alkanes) is 1. The van der Waals surface area contributed by atoms with E-state index in [-0.39, 0.29) is 17.9 Å². The van der Waals surface area contributed by atoms with E-state index in [1.807, 2.05) is 22.7 Å². The predicted molar refractivity (Wildman–Crippen MR) is 132 cm³/mol. The Kier molecular flexibility index (Phi) is 10.6. The zero-order chi connectivity index (χ0) is 22.9. The smallest absolute Gasteiger partial charge is 0.223 e. The molecule has 0 bridgehead atoms. The summed E-state index contributed by atoms with van der Waals surface area (Å²) >= 11 is 1.85. The monoisotopic (exact) mass is 465 g/mol. The van der Waals surface area contributed by atoms with Crippen LogP contribution in [0.5, 0.6) is 0 Å². The molecule has 0 unspecified atom stereocenters. The van der Waals surface area contributed by atoms with Crippen LogP contribution in [0, 0.1) is 23.7 Å². The van der Waals surface area contributed by atoms with Crippen LogP contribution in [0.4, 0.5) is 0 Å². The van der Waals surface area contributed by atoms with Crippen molar-refractivity contribution in [2.75, 3.05) is 37.8 Å². The zero-order valence-corrected chi connectivity index (χ0v) is 20.8. The van der Waals surface area contributed by atoms with Crippen molar-refractivity contribution >= 4 is 17.7 Å². The fourth-order valence-electron chi connectivity index (χ4n) is 5.46. The Balaban J connectivity index is 1.38. The van der Waals surface area contributed by atoms with E-state index in [1.54, 1.807) is 0 Å². The van der Waals surface area contributed by atoms with E-state index in [0.29, 0.717) is 37.4 Å². The van der Waals surface area contributed by atoms with Crippen LogP contribution in [0.2, 0.25) is 0 Å². The number of carbonyl (C=O) groups is 1. The van der Waals surface area contributed by atoms with Gasteiger partial charge in [0.15, 0.2) is 0 Å². The van der Waals surface area contributed by atoms with Gasteiger partial charge in [0, 0.05) is 36.9 Å². The molecule has 182 valence electrons. The summed E-state index contributed by atoms with van der Waals surface area (Å²) in [6.45, 7) is 7.18. The van der Waals surface area contributed by atoms with Gasteiger partial charge in [-0.3, -0.25) is 4.79 Å². The Morgan fingerprint density at radius 1 is 1.38 bits per heavy atom. The van der Waals surface area contributed by atoms with Gasteiger partial charge in [-0.1, -0.05) is 56.9 Å². The molecule has 1 saturated heterocycles. The number of thioether (sulfide) groups is 1. The van der Waals surface area contributed by atoms with Crippen molar-refractivity contribution in [3.63, 3.8) is 0 Å². The number of carbonyl (C=O) groups excluding carboxylic acids is 1. The summed E-state index contributed by atoms with van der Waals surface area (Å²) in [6, 6.07) is 0. The molecule has 0 aromatic carbocycles. The summed E-state index contributed by atoms with van der Waals surface area (Å²) in [5.41, 5.74) is 1.46. The van der Waals surface area contributed by atoms with E-state index in [1.165, 1.54) is 24.8 Å². The number of ether oxygens (including phenoxy) is 1. The maximum Gasteiger partial charge on any atom is 0.223 e. The van der Waals surface area contributed by atoms with E-state index in [2.05, 4.69) is 26.0 Å². The van der Waals surface area contributed by atoms with Crippen molar-refractivity contribution in [1.82, 2.24) is 4.90 Å². The minimum absolute atomic E-state index is 0.141. The molecular weight excluding hydrogens is 422 g/mol. The maximum atomic E-state index is 12.3. The summed E-state index contributed by atoms with van der Waals surface area (Å²) in [4.78, 5) is 14.2. The lowest BCUT2D eigenvalue weighted by Gasteiger charge is -2.26. The fraction of sp³-hybridized carbons (Fsp3) is 0.808. The summed E-state index contributed by atoms with van der Waals surface area (Å²) in [7, 11) is 0. The third-order valence-electron chi connectivity index (χ3n) is 7.31. The van der Waals surface area contributed by atoms with Gasteiger partial charge >= 0.3 is 0 Å². The number of hydrogen-bond donors (Lipinski definition) is 2. The molecule has 1 amide bonds. The molecule has 0 spiro atoms. The second-order valence-corrected chi connectivity index (χ2v) is 11.1. The first kappa shape index (κ1) is 25.8. The fourth-order valence-corrected chi connectivity index (χ4v) is 6.40. The lowest BCUT2D eigenvalue weighted by molar-refractivity contribution is -0.134. The molecule has 0 radical (unpaired) electrons. The molecule has 1 aliphatic heterocycles. The first-order valence-corrected chi connectivity index (χ1v) is 13.8. The Morgan fingerprint density at radius 3 is 2.91 bits per heavy atom. The Bertz CT molecular complexity index is 646. The van der Waals surface area contributed by atoms with Crippen molar-refractivity contribution in [2.24, 2.45) is 23.7 Å². The maximum absolute atomic E-state index is 12.3. The highest BCUT2D eigenvalue weighted by Crippen LogP contribution is 2.47. The van der Waals surface area contributed by atoms with E-state index in [9.17, 15) is 15.0 Å². The van der Waals surface area contributed by atoms with Gasteiger partial charge < -0.3 is 19.8 Å². The van der Waals surface area contributed by atoms with Crippen LogP contribution in [0.25, 0.3) is 0 Å². The molecule has 3 rings (SSSR count). The SMILES string of the molecule is CCCC[C@H](C)C[C@H](O)C=C[C@@H]1[C@H]2CC(CSCCC(=O)N3CCOCC3)=C[C@H]2C[C@H]1O. The lowest BCUT2D eigenvalue weighted by Crippen LogP contribution is -2.40. The summed E-state index contributed by atoms with van der Waals surface area (Å²) in [5.74, 6) is 3.66. The summed E-state index contributed by atoms with van der Waals surface area (Å²) < 4.78 is 5.31. The van der Waals surface area contributed by atoms with Crippen LogP contribution in [0.15, 0.2) is 23.8 Å². The molecular formula is C26H43NO4S. The molecule has 6 atom stereocenters. The highest BCUT2D eigenvalue weighted by Gasteiger charge is 2.43. The molecule has 1 saturated carbocycles. The van der Waals surface area contributed by atoms with Gasteiger partial charge in [0.1, 0.15) is 0 Å². The Hall–Kier alpha value is -0.820. The third-order valence-corrected chi connectivity index (χ3v) is 8.38. The minimum Gasteiger partial charge on any atom is -0.392 e. The largest absolute Gasteiger partial charge is 0.392 e. The highest BCUT2D eigenvalue weighted by atomic mass is 32.2. The lowest BCUT2D eigenvalue weighted by atomic mass is 9.88. The third kappa shape index (κ3) is 7.61. The van der Waals surface area contributed by atoms with E-state index < -0.39 is 6.10 Å². The van der Waals surface area contributed by atoms with E-state index in [0.717, 1.165) is 43.9 Å². The topological polar surface area (TPSA) is 70.0 Å². The number of aliphatic hydroxyl groups is 2. The minimum atomic E-state index is -0.415. The molecule has 3 aliphatic rings. The van der Waals surface area contributed by atoms with Gasteiger partial charge in [-0.25, -0.2) is 0 Å². The second kappa shape index (κ2) is 13.2. The van der Waals surface area contributed by atoms with Crippen LogP contribution in [0.3, 0.4) is 0 Å². The van der Waals surface area contributed by atoms with E-state index in [4.69, 9.17) is 4.74 Å². The quantitative estimate of drug-likeness (QED) is 0.336. The van der Waals surface area contributed by atoms with Crippen LogP contribution < -0.4 is 0 Å². The van der Waals surface area contributed by atoms with Gasteiger partial charge in [0.2, 0.25) is 5.91 Å². The molecule has 32 heavy (non-hydrogen) atoms. The van der Waals surface area contributed by atoms with Crippen LogP contribution in [-0.4, -0.2) is 71.0 Å². The normalized spacial score (nSPS) is 29.9. The first-order chi connectivity index (χ1) is 15.5. The van der Waals surface area contributed by atoms with Crippen molar-refractivity contribution in [3.8, 4) is 0 Å². The molecule has 6 heteroatoms. The first-order valence-electron chi connectivity index (χ1n) is 12.6. The van der Waals surface area contributed by atoms with Crippen molar-refractivity contribution < 1.29 is 19.7 Å². The molecule has 0 aromatic heterocycles. The van der Waals surface area contributed by atoms with Crippen molar-refractivity contribution in [2.45, 2.75) is 71.0 Å². The highest BCUT2D eigenvalue weighted by molar-refractivity contribution is 7.99. The number of hydrogen-bond acceptors (Lipinski definition) is 5. The second-order valence-electron chi connectivity index (χ2n) is 9.97. The Labute approximate surface area is 198 Å². The molecule has 2 aliphatic carbocycles. The molecule has 5 nitrogen and oxygen atoms in total. The number of nitrogens with zero attached hydrogens (tertiary/aromatic N) is 1. The molecule has 1 heterocycles. The molecule has 2 fully saturated rings. The number of fused-ring (bicyclic) bond motifs is 1. The zero-order valence-electron chi connectivity index (χ0n) is 20.0. The predicted octanol–water partition coefficient (Wildman–Crippen LogP) is 4.05. The number of amides is 1. The van der Waals surface area contributed by atoms with Crippen LogP contribution >= 0.6 is 11.8 Å². The number of rotatable bonds is 12. The van der Waals surface area contributed by atoms with Crippen LogP contribution in [0.1, 0.15) is 58.8 Å². The summed E-state index contributed by atoms with van der Waals surface area (Å²) in [6.07, 6.45) is 12.5. The van der Waals surface area contributed by atoms with Crippen molar-refractivity contribution in [1.29, 1.82) is 0 Å². The van der Waals surface area contributed by atoms with Gasteiger partial charge in [-0.15, -0.1) is 0 Å². The van der Waals surface area contributed by atoms with Gasteiger partial charge in [0.25, 0.3) is 0 Å². The van der Waals surface area contributed by atoms with Crippen LogP contribution in [-0.2, 0) is 9.53 Å². The summed E-state index contributed by atoms with van der Waals surface area (Å²) in [5, 5.41) is 21.0. The molecule has 0 aromatic rings. The van der Waals surface area contributed by atoms with Gasteiger partial charge in [-0.2, -0.15) is 11.8 Å². The Morgan fingerprint density at radius 2 is 2.16 bits per heavy atom. The standard InChI is InChI=1S/C26H43NO4S/c1-3-4-5-19(2)14-22(28)6-7-23-24-16-20(15-21(24)17-25(23)29)18-32-13-8-26(30)27-9-11-31-12-10-27/h6-7,15,19,21-25,28-29H,3-5,8-14,16-18H2,1-2H3/t19-,21-,22+,23+,24-,25+/m0/s1. The van der Waals surface area contributed by atoms with E-state index >= 15 is 0 Å². The average Bonchev–Trinajstić information content (AvgIpc) is 3.30. The van der Waals surface area contributed by atoms with Crippen molar-refractivity contribution in [3.05, 3.63) is 23.8 Å². The van der Waals surface area contributed by atoms with Gasteiger partial charge in [0.05, 0.1) is 25.4 Å². The number of aliphatic hydroxyl groups excluding tert-OH is 2. The van der Waals surface area contributed by atoms with Gasteiger partial charge in [-0.05, 0) is 37.0 Å².